The van der Waals surface area contributed by atoms with Crippen LogP contribution in [0.4, 0.5) is 5.69 Å². The molecule has 2 atom stereocenters. The van der Waals surface area contributed by atoms with E-state index >= 15 is 0 Å². The minimum absolute atomic E-state index is 0.0215. The third-order valence-electron chi connectivity index (χ3n) is 3.35. The lowest BCUT2D eigenvalue weighted by molar-refractivity contribution is -0.139. The lowest BCUT2D eigenvalue weighted by Crippen LogP contribution is -2.42. The molecule has 1 heterocycles. The second-order valence-corrected chi connectivity index (χ2v) is 5.72. The predicted molar refractivity (Wildman–Crippen MR) is 77.4 cm³/mol. The fourth-order valence-electron chi connectivity index (χ4n) is 2.57. The highest BCUT2D eigenvalue weighted by Gasteiger charge is 2.49. The molecular formula is C14H18BrNO3. The van der Waals surface area contributed by atoms with Crippen molar-refractivity contribution < 1.29 is 15.0 Å². The first kappa shape index (κ1) is 14.5. The maximum Gasteiger partial charge on any atom is 0.263 e. The van der Waals surface area contributed by atoms with Crippen molar-refractivity contribution in [2.45, 2.75) is 31.5 Å². The Labute approximate surface area is 121 Å². The van der Waals surface area contributed by atoms with Crippen molar-refractivity contribution in [3.8, 4) is 0 Å². The van der Waals surface area contributed by atoms with E-state index in [9.17, 15) is 15.0 Å². The number of hydrogen-bond acceptors (Lipinski definition) is 3. The van der Waals surface area contributed by atoms with Gasteiger partial charge in [-0.1, -0.05) is 34.1 Å². The lowest BCUT2D eigenvalue weighted by Gasteiger charge is -2.24. The smallest absolute Gasteiger partial charge is 0.263 e. The summed E-state index contributed by atoms with van der Waals surface area (Å²) >= 11 is 3.34. The molecular weight excluding hydrogens is 310 g/mol. The number of aliphatic hydroxyl groups excluding tert-OH is 1. The summed E-state index contributed by atoms with van der Waals surface area (Å²) < 4.78 is 0. The normalized spacial score (nSPS) is 23.6. The molecule has 1 amide bonds. The summed E-state index contributed by atoms with van der Waals surface area (Å²) in [5.41, 5.74) is -0.260. The molecule has 0 spiro atoms. The monoisotopic (exact) mass is 327 g/mol. The largest absolute Gasteiger partial charge is 0.393 e. The molecule has 2 rings (SSSR count). The molecule has 5 heteroatoms. The molecule has 19 heavy (non-hydrogen) atoms. The summed E-state index contributed by atoms with van der Waals surface area (Å²) in [6.07, 6.45) is 0.0940. The third-order valence-corrected chi connectivity index (χ3v) is 3.91. The van der Waals surface area contributed by atoms with Crippen LogP contribution in [-0.4, -0.2) is 34.1 Å². The number of alkyl halides is 1. The minimum Gasteiger partial charge on any atom is -0.393 e. The zero-order valence-corrected chi connectivity index (χ0v) is 12.4. The number of nitrogens with zero attached hydrogens (tertiary/aromatic N) is 1. The van der Waals surface area contributed by atoms with Crippen molar-refractivity contribution in [1.29, 1.82) is 0 Å². The first-order valence-electron chi connectivity index (χ1n) is 6.38. The van der Waals surface area contributed by atoms with Crippen molar-refractivity contribution in [3.05, 3.63) is 29.8 Å². The molecule has 0 radical (unpaired) electrons. The Morgan fingerprint density at radius 3 is 2.74 bits per heavy atom. The molecule has 104 valence electrons. The van der Waals surface area contributed by atoms with E-state index in [1.165, 1.54) is 0 Å². The molecule has 0 unspecified atom stereocenters. The van der Waals surface area contributed by atoms with Gasteiger partial charge in [-0.05, 0) is 19.4 Å². The maximum absolute atomic E-state index is 12.5. The van der Waals surface area contributed by atoms with E-state index in [0.717, 1.165) is 17.4 Å². The molecule has 1 aromatic carbocycles. The Morgan fingerprint density at radius 2 is 2.11 bits per heavy atom. The maximum atomic E-state index is 12.5. The molecule has 1 aliphatic rings. The van der Waals surface area contributed by atoms with Gasteiger partial charge in [-0.15, -0.1) is 0 Å². The molecule has 0 aliphatic carbocycles. The zero-order chi connectivity index (χ0) is 14.0. The summed E-state index contributed by atoms with van der Waals surface area (Å²) in [5.74, 6) is -0.337. The van der Waals surface area contributed by atoms with Gasteiger partial charge >= 0.3 is 0 Å². The van der Waals surface area contributed by atoms with Gasteiger partial charge in [0.2, 0.25) is 0 Å². The van der Waals surface area contributed by atoms with Gasteiger partial charge in [0.25, 0.3) is 5.91 Å². The number of carbonyl (C=O) groups is 1. The zero-order valence-electron chi connectivity index (χ0n) is 10.8. The lowest BCUT2D eigenvalue weighted by atomic mass is 9.90. The Morgan fingerprint density at radius 1 is 1.42 bits per heavy atom. The number of benzene rings is 1. The Bertz CT molecular complexity index is 478. The van der Waals surface area contributed by atoms with Crippen LogP contribution in [0.3, 0.4) is 0 Å². The number of hydrogen-bond donors (Lipinski definition) is 2. The van der Waals surface area contributed by atoms with E-state index in [-0.39, 0.29) is 12.3 Å². The average molecular weight is 328 g/mol. The number of aliphatic hydroxyl groups is 2. The number of rotatable bonds is 5. The molecule has 1 aromatic rings. The standard InChI is InChI=1S/C14H18BrNO3/c1-10(17)9-14(19)11-5-2-3-6-12(11)16(13(14)18)8-4-7-15/h2-3,5-6,10,17,19H,4,7-9H2,1H3/t10-,14-/m0/s1. The van der Waals surface area contributed by atoms with Crippen molar-refractivity contribution in [1.82, 2.24) is 0 Å². The second kappa shape index (κ2) is 5.61. The van der Waals surface area contributed by atoms with Gasteiger partial charge in [0.15, 0.2) is 5.60 Å². The fourth-order valence-corrected chi connectivity index (χ4v) is 2.82. The van der Waals surface area contributed by atoms with Crippen LogP contribution in [-0.2, 0) is 10.4 Å². The minimum atomic E-state index is -1.60. The average Bonchev–Trinajstić information content (AvgIpc) is 2.57. The van der Waals surface area contributed by atoms with Crippen LogP contribution in [0.5, 0.6) is 0 Å². The number of amides is 1. The topological polar surface area (TPSA) is 60.8 Å². The summed E-state index contributed by atoms with van der Waals surface area (Å²) in [6, 6.07) is 7.24. The number of carbonyl (C=O) groups excluding carboxylic acids is 1. The van der Waals surface area contributed by atoms with E-state index in [4.69, 9.17) is 0 Å². The van der Waals surface area contributed by atoms with Gasteiger partial charge in [-0.2, -0.15) is 0 Å². The van der Waals surface area contributed by atoms with Crippen LogP contribution in [0, 0.1) is 0 Å². The number of anilines is 1. The summed E-state index contributed by atoms with van der Waals surface area (Å²) in [4.78, 5) is 14.1. The van der Waals surface area contributed by atoms with Crippen molar-refractivity contribution in [2.24, 2.45) is 0 Å². The van der Waals surface area contributed by atoms with E-state index in [2.05, 4.69) is 15.9 Å². The van der Waals surface area contributed by atoms with Crippen LogP contribution in [0.1, 0.15) is 25.3 Å². The van der Waals surface area contributed by atoms with Crippen LogP contribution in [0.15, 0.2) is 24.3 Å². The summed E-state index contributed by atoms with van der Waals surface area (Å²) in [7, 11) is 0. The second-order valence-electron chi connectivity index (χ2n) is 4.93. The molecule has 0 fully saturated rings. The molecule has 0 aromatic heterocycles. The molecule has 1 aliphatic heterocycles. The molecule has 4 nitrogen and oxygen atoms in total. The quantitative estimate of drug-likeness (QED) is 0.810. The fraction of sp³-hybridized carbons (Fsp3) is 0.500. The molecule has 0 saturated carbocycles. The van der Waals surface area contributed by atoms with Gasteiger partial charge in [-0.3, -0.25) is 4.79 Å². The van der Waals surface area contributed by atoms with Crippen LogP contribution in [0.2, 0.25) is 0 Å². The van der Waals surface area contributed by atoms with Crippen LogP contribution >= 0.6 is 15.9 Å². The van der Waals surface area contributed by atoms with E-state index in [1.54, 1.807) is 24.0 Å². The van der Waals surface area contributed by atoms with Gasteiger partial charge in [0.1, 0.15) is 0 Å². The number of halogens is 1. The predicted octanol–water partition coefficient (Wildman–Crippen LogP) is 1.78. The summed E-state index contributed by atoms with van der Waals surface area (Å²) in [6.45, 7) is 2.14. The highest BCUT2D eigenvalue weighted by Crippen LogP contribution is 2.42. The third kappa shape index (κ3) is 2.55. The Balaban J connectivity index is 2.40. The Hall–Kier alpha value is -0.910. The van der Waals surface area contributed by atoms with Gasteiger partial charge in [-0.25, -0.2) is 0 Å². The highest BCUT2D eigenvalue weighted by molar-refractivity contribution is 9.09. The number of fused-ring (bicyclic) bond motifs is 1. The van der Waals surface area contributed by atoms with E-state index < -0.39 is 11.7 Å². The van der Waals surface area contributed by atoms with Crippen LogP contribution < -0.4 is 4.90 Å². The van der Waals surface area contributed by atoms with Crippen molar-refractivity contribution >= 4 is 27.5 Å². The molecule has 2 N–H and O–H groups in total. The summed E-state index contributed by atoms with van der Waals surface area (Å²) in [5, 5.41) is 21.0. The van der Waals surface area contributed by atoms with Crippen molar-refractivity contribution in [3.63, 3.8) is 0 Å². The van der Waals surface area contributed by atoms with E-state index in [1.807, 2.05) is 12.1 Å². The molecule has 0 saturated heterocycles. The Kier molecular flexibility index (Phi) is 4.28. The van der Waals surface area contributed by atoms with Crippen molar-refractivity contribution in [2.75, 3.05) is 16.8 Å². The van der Waals surface area contributed by atoms with E-state index in [0.29, 0.717) is 12.1 Å². The number of para-hydroxylation sites is 1. The highest BCUT2D eigenvalue weighted by atomic mass is 79.9. The van der Waals surface area contributed by atoms with Gasteiger partial charge in [0.05, 0.1) is 11.8 Å². The van der Waals surface area contributed by atoms with Crippen LogP contribution in [0.25, 0.3) is 0 Å². The first-order valence-corrected chi connectivity index (χ1v) is 7.50. The van der Waals surface area contributed by atoms with Gasteiger partial charge < -0.3 is 15.1 Å². The SMILES string of the molecule is C[C@H](O)C[C@@]1(O)C(=O)N(CCCBr)c2ccccc21. The molecule has 0 bridgehead atoms. The first-order chi connectivity index (χ1) is 9.00. The van der Waals surface area contributed by atoms with Gasteiger partial charge in [0, 0.05) is 23.9 Å².